The number of halogens is 1. The Labute approximate surface area is 168 Å². The lowest BCUT2D eigenvalue weighted by Crippen LogP contribution is -2.16. The van der Waals surface area contributed by atoms with Gasteiger partial charge in [-0.15, -0.1) is 0 Å². The predicted octanol–water partition coefficient (Wildman–Crippen LogP) is 5.09. The Bertz CT molecular complexity index is 1140. The van der Waals surface area contributed by atoms with Gasteiger partial charge in [0.25, 0.3) is 5.91 Å². The molecule has 5 nitrogen and oxygen atoms in total. The molecule has 0 fully saturated rings. The van der Waals surface area contributed by atoms with E-state index in [0.29, 0.717) is 16.4 Å². The molecule has 2 heterocycles. The number of hydrogen-bond acceptors (Lipinski definition) is 2. The predicted molar refractivity (Wildman–Crippen MR) is 112 cm³/mol. The number of nitrogens with one attached hydrogen (secondary N) is 1. The second-order valence-electron chi connectivity index (χ2n) is 6.63. The highest BCUT2D eigenvalue weighted by atomic mass is 35.5. The summed E-state index contributed by atoms with van der Waals surface area (Å²) in [6, 6.07) is 20.7. The van der Waals surface area contributed by atoms with Gasteiger partial charge >= 0.3 is 0 Å². The lowest BCUT2D eigenvalue weighted by molar-refractivity contribution is 0.101. The summed E-state index contributed by atoms with van der Waals surface area (Å²) in [6.07, 6.45) is 1.94. The molecule has 28 heavy (non-hydrogen) atoms. The zero-order valence-electron chi connectivity index (χ0n) is 15.6. The van der Waals surface area contributed by atoms with Gasteiger partial charge in [0.1, 0.15) is 11.4 Å². The quantitative estimate of drug-likeness (QED) is 0.527. The van der Waals surface area contributed by atoms with E-state index in [9.17, 15) is 4.79 Å². The third-order valence-electron chi connectivity index (χ3n) is 4.51. The Balaban J connectivity index is 1.77. The lowest BCUT2D eigenvalue weighted by atomic mass is 10.2. The second kappa shape index (κ2) is 7.37. The van der Waals surface area contributed by atoms with E-state index in [1.165, 1.54) is 0 Å². The van der Waals surface area contributed by atoms with Crippen LogP contribution in [0.15, 0.2) is 72.9 Å². The van der Waals surface area contributed by atoms with E-state index in [1.54, 1.807) is 22.9 Å². The number of hydrogen-bond donors (Lipinski definition) is 1. The van der Waals surface area contributed by atoms with Crippen molar-refractivity contribution in [3.8, 4) is 17.1 Å². The number of anilines is 1. The number of rotatable bonds is 4. The summed E-state index contributed by atoms with van der Waals surface area (Å²) in [4.78, 5) is 13.0. The van der Waals surface area contributed by atoms with Gasteiger partial charge in [-0.05, 0) is 55.5 Å². The van der Waals surface area contributed by atoms with Crippen LogP contribution >= 0.6 is 11.6 Å². The molecule has 0 bridgehead atoms. The van der Waals surface area contributed by atoms with Crippen molar-refractivity contribution in [2.45, 2.75) is 6.92 Å². The van der Waals surface area contributed by atoms with Crippen LogP contribution in [0.4, 0.5) is 5.69 Å². The molecular weight excluding hydrogens is 372 g/mol. The van der Waals surface area contributed by atoms with Crippen molar-refractivity contribution in [2.75, 3.05) is 5.32 Å². The molecule has 140 valence electrons. The highest BCUT2D eigenvalue weighted by Crippen LogP contribution is 2.24. The first-order valence-corrected chi connectivity index (χ1v) is 9.25. The van der Waals surface area contributed by atoms with Crippen LogP contribution in [0.25, 0.3) is 17.1 Å². The fraction of sp³-hybridized carbons (Fsp3) is 0.0909. The van der Waals surface area contributed by atoms with Gasteiger partial charge in [0.05, 0.1) is 11.4 Å². The molecule has 0 aliphatic heterocycles. The van der Waals surface area contributed by atoms with Gasteiger partial charge in [0.15, 0.2) is 0 Å². The van der Waals surface area contributed by atoms with Crippen molar-refractivity contribution in [1.82, 2.24) is 14.3 Å². The van der Waals surface area contributed by atoms with E-state index in [-0.39, 0.29) is 5.91 Å². The normalized spacial score (nSPS) is 10.8. The molecule has 2 aromatic carbocycles. The summed E-state index contributed by atoms with van der Waals surface area (Å²) in [7, 11) is 1.94. The van der Waals surface area contributed by atoms with Crippen LogP contribution in [0.5, 0.6) is 0 Å². The van der Waals surface area contributed by atoms with E-state index in [2.05, 4.69) is 10.4 Å². The summed E-state index contributed by atoms with van der Waals surface area (Å²) in [5.41, 5.74) is 4.65. The van der Waals surface area contributed by atoms with E-state index >= 15 is 0 Å². The Kier molecular flexibility index (Phi) is 4.75. The summed E-state index contributed by atoms with van der Waals surface area (Å²) in [6.45, 7) is 2.01. The molecule has 4 aromatic rings. The first-order valence-electron chi connectivity index (χ1n) is 8.87. The first kappa shape index (κ1) is 18.1. The van der Waals surface area contributed by atoms with Crippen LogP contribution < -0.4 is 5.32 Å². The Morgan fingerprint density at radius 3 is 2.50 bits per heavy atom. The minimum atomic E-state index is -0.239. The molecule has 0 atom stereocenters. The summed E-state index contributed by atoms with van der Waals surface area (Å²) in [5.74, 6) is -0.239. The molecule has 1 amide bonds. The highest BCUT2D eigenvalue weighted by molar-refractivity contribution is 6.30. The van der Waals surface area contributed by atoms with Gasteiger partial charge < -0.3 is 9.88 Å². The smallest absolute Gasteiger partial charge is 0.274 e. The van der Waals surface area contributed by atoms with Gasteiger partial charge in [-0.1, -0.05) is 35.4 Å². The zero-order valence-corrected chi connectivity index (χ0v) is 16.3. The van der Waals surface area contributed by atoms with Gasteiger partial charge in [-0.25, -0.2) is 4.68 Å². The lowest BCUT2D eigenvalue weighted by Gasteiger charge is -2.09. The fourth-order valence-corrected chi connectivity index (χ4v) is 3.22. The standard InChI is InChI=1S/C22H19ClN4O/c1-15-8-10-17(11-9-15)24-22(28)21-14-19(20-7-4-12-26(20)2)25-27(21)18-6-3-5-16(23)13-18/h3-14H,1-2H3,(H,24,28). The SMILES string of the molecule is Cc1ccc(NC(=O)c2cc(-c3cccn3C)nn2-c2cccc(Cl)c2)cc1. The monoisotopic (exact) mass is 390 g/mol. The fourth-order valence-electron chi connectivity index (χ4n) is 3.03. The molecule has 0 radical (unpaired) electrons. The second-order valence-corrected chi connectivity index (χ2v) is 7.07. The molecule has 2 aromatic heterocycles. The highest BCUT2D eigenvalue weighted by Gasteiger charge is 2.19. The minimum absolute atomic E-state index is 0.239. The molecule has 4 rings (SSSR count). The number of amides is 1. The van der Waals surface area contributed by atoms with Crippen LogP contribution in [0, 0.1) is 6.92 Å². The average Bonchev–Trinajstić information content (AvgIpc) is 3.30. The molecular formula is C22H19ClN4O. The maximum atomic E-state index is 13.0. The molecule has 1 N–H and O–H groups in total. The molecule has 0 saturated carbocycles. The number of aromatic nitrogens is 3. The first-order chi connectivity index (χ1) is 13.5. The number of carbonyl (C=O) groups is 1. The Morgan fingerprint density at radius 1 is 1.04 bits per heavy atom. The third-order valence-corrected chi connectivity index (χ3v) is 4.75. The number of carbonyl (C=O) groups excluding carboxylic acids is 1. The van der Waals surface area contributed by atoms with Crippen molar-refractivity contribution in [3.63, 3.8) is 0 Å². The molecule has 0 unspecified atom stereocenters. The van der Waals surface area contributed by atoms with Crippen LogP contribution in [-0.2, 0) is 7.05 Å². The maximum absolute atomic E-state index is 13.0. The molecule has 6 heteroatoms. The van der Waals surface area contributed by atoms with E-state index in [1.807, 2.05) is 73.3 Å². The topological polar surface area (TPSA) is 51.9 Å². The molecule has 0 aliphatic carbocycles. The number of aryl methyl sites for hydroxylation is 2. The zero-order chi connectivity index (χ0) is 19.7. The third kappa shape index (κ3) is 3.57. The van der Waals surface area contributed by atoms with Crippen molar-refractivity contribution in [1.29, 1.82) is 0 Å². The summed E-state index contributed by atoms with van der Waals surface area (Å²) >= 11 is 6.16. The van der Waals surface area contributed by atoms with Crippen molar-refractivity contribution in [2.24, 2.45) is 7.05 Å². The summed E-state index contributed by atoms with van der Waals surface area (Å²) in [5, 5.41) is 8.20. The van der Waals surface area contributed by atoms with Gasteiger partial charge in [-0.3, -0.25) is 4.79 Å². The van der Waals surface area contributed by atoms with Crippen LogP contribution in [0.2, 0.25) is 5.02 Å². The minimum Gasteiger partial charge on any atom is -0.349 e. The number of benzene rings is 2. The maximum Gasteiger partial charge on any atom is 0.274 e. The van der Waals surface area contributed by atoms with Gasteiger partial charge in [0, 0.05) is 24.0 Å². The van der Waals surface area contributed by atoms with E-state index < -0.39 is 0 Å². The van der Waals surface area contributed by atoms with Crippen LogP contribution in [-0.4, -0.2) is 20.3 Å². The van der Waals surface area contributed by atoms with Gasteiger partial charge in [-0.2, -0.15) is 5.10 Å². The van der Waals surface area contributed by atoms with E-state index in [0.717, 1.165) is 22.6 Å². The van der Waals surface area contributed by atoms with Crippen LogP contribution in [0.1, 0.15) is 16.1 Å². The summed E-state index contributed by atoms with van der Waals surface area (Å²) < 4.78 is 3.59. The Morgan fingerprint density at radius 2 is 1.82 bits per heavy atom. The van der Waals surface area contributed by atoms with Crippen molar-refractivity contribution >= 4 is 23.2 Å². The van der Waals surface area contributed by atoms with Crippen molar-refractivity contribution < 1.29 is 4.79 Å². The van der Waals surface area contributed by atoms with Crippen molar-refractivity contribution in [3.05, 3.63) is 89.2 Å². The van der Waals surface area contributed by atoms with Crippen LogP contribution in [0.3, 0.4) is 0 Å². The molecule has 0 spiro atoms. The largest absolute Gasteiger partial charge is 0.349 e. The Hall–Kier alpha value is -3.31. The average molecular weight is 391 g/mol. The molecule has 0 aliphatic rings. The van der Waals surface area contributed by atoms with E-state index in [4.69, 9.17) is 11.6 Å². The van der Waals surface area contributed by atoms with Gasteiger partial charge in [0.2, 0.25) is 0 Å². The number of nitrogens with zero attached hydrogens (tertiary/aromatic N) is 3. The molecule has 0 saturated heterocycles.